The Morgan fingerprint density at radius 2 is 2.10 bits per heavy atom. The molecule has 3 rings (SSSR count). The first-order valence-electron chi connectivity index (χ1n) is 7.39. The van der Waals surface area contributed by atoms with Crippen molar-refractivity contribution in [3.05, 3.63) is 29.0 Å². The van der Waals surface area contributed by atoms with Crippen LogP contribution in [0.4, 0.5) is 0 Å². The van der Waals surface area contributed by atoms with Gasteiger partial charge in [0, 0.05) is 19.0 Å². The van der Waals surface area contributed by atoms with E-state index in [4.69, 9.17) is 22.3 Å². The van der Waals surface area contributed by atoms with Crippen LogP contribution in [0.5, 0.6) is 0 Å². The third-order valence-corrected chi connectivity index (χ3v) is 5.25. The van der Waals surface area contributed by atoms with Crippen molar-refractivity contribution in [2.45, 2.75) is 38.0 Å². The van der Waals surface area contributed by atoms with Gasteiger partial charge in [-0.25, -0.2) is 4.98 Å². The Hall–Kier alpha value is -1.06. The molecule has 1 aromatic carbocycles. The molecule has 2 aromatic rings. The van der Waals surface area contributed by atoms with Crippen LogP contribution in [0.2, 0.25) is 5.02 Å². The average molecular weight is 292 g/mol. The van der Waals surface area contributed by atoms with E-state index in [1.165, 1.54) is 12.8 Å². The van der Waals surface area contributed by atoms with Crippen molar-refractivity contribution in [1.82, 2.24) is 9.55 Å². The minimum absolute atomic E-state index is 0.0175. The predicted molar refractivity (Wildman–Crippen MR) is 84.1 cm³/mol. The summed E-state index contributed by atoms with van der Waals surface area (Å²) in [7, 11) is 2.06. The van der Waals surface area contributed by atoms with Crippen molar-refractivity contribution in [3.63, 3.8) is 0 Å². The summed E-state index contributed by atoms with van der Waals surface area (Å²) >= 11 is 6.33. The Morgan fingerprint density at radius 3 is 2.70 bits per heavy atom. The monoisotopic (exact) mass is 291 g/mol. The molecule has 20 heavy (non-hydrogen) atoms. The number of rotatable bonds is 2. The van der Waals surface area contributed by atoms with Gasteiger partial charge in [-0.1, -0.05) is 24.6 Å². The third-order valence-electron chi connectivity index (χ3n) is 4.94. The zero-order chi connectivity index (χ0) is 14.3. The van der Waals surface area contributed by atoms with E-state index in [2.05, 4.69) is 18.5 Å². The van der Waals surface area contributed by atoms with Gasteiger partial charge in [0.15, 0.2) is 0 Å². The quantitative estimate of drug-likeness (QED) is 0.918. The Labute approximate surface area is 125 Å². The highest BCUT2D eigenvalue weighted by Crippen LogP contribution is 2.41. The van der Waals surface area contributed by atoms with Crippen LogP contribution in [-0.2, 0) is 12.5 Å². The summed E-state index contributed by atoms with van der Waals surface area (Å²) in [5.41, 5.74) is 8.17. The zero-order valence-electron chi connectivity index (χ0n) is 12.2. The molecule has 1 aliphatic carbocycles. The Morgan fingerprint density at radius 1 is 1.40 bits per heavy atom. The Balaban J connectivity index is 2.13. The molecule has 108 valence electrons. The molecule has 3 nitrogen and oxygen atoms in total. The van der Waals surface area contributed by atoms with Gasteiger partial charge in [0.1, 0.15) is 5.82 Å². The fourth-order valence-electron chi connectivity index (χ4n) is 3.53. The second kappa shape index (κ2) is 5.05. The minimum atomic E-state index is 0.0175. The summed E-state index contributed by atoms with van der Waals surface area (Å²) in [5, 5.41) is 0.764. The fourth-order valence-corrected chi connectivity index (χ4v) is 3.83. The van der Waals surface area contributed by atoms with E-state index < -0.39 is 0 Å². The maximum atomic E-state index is 6.33. The summed E-state index contributed by atoms with van der Waals surface area (Å²) in [6.07, 6.45) is 4.71. The molecule has 4 heteroatoms. The predicted octanol–water partition coefficient (Wildman–Crippen LogP) is 3.63. The number of aromatic nitrogens is 2. The van der Waals surface area contributed by atoms with Gasteiger partial charge in [0.25, 0.3) is 0 Å². The van der Waals surface area contributed by atoms with Crippen molar-refractivity contribution < 1.29 is 0 Å². The number of para-hydroxylation sites is 1. The van der Waals surface area contributed by atoms with E-state index in [1.807, 2.05) is 18.2 Å². The molecule has 0 radical (unpaired) electrons. The number of hydrogen-bond acceptors (Lipinski definition) is 2. The van der Waals surface area contributed by atoms with Crippen molar-refractivity contribution in [2.75, 3.05) is 6.54 Å². The van der Waals surface area contributed by atoms with Crippen molar-refractivity contribution >= 4 is 22.6 Å². The molecule has 0 atom stereocenters. The van der Waals surface area contributed by atoms with E-state index in [1.54, 1.807) is 0 Å². The number of hydrogen-bond donors (Lipinski definition) is 1. The SMILES string of the molecule is CC1CCC(CN)(c2nc3cccc(Cl)c3n2C)CC1. The number of imidazole rings is 1. The van der Waals surface area contributed by atoms with Gasteiger partial charge in [-0.05, 0) is 43.7 Å². The smallest absolute Gasteiger partial charge is 0.117 e. The standard InChI is InChI=1S/C16H22ClN3/c1-11-6-8-16(10-18,9-7-11)15-19-13-5-3-4-12(17)14(13)20(15)2/h3-5,11H,6-10,18H2,1-2H3. The van der Waals surface area contributed by atoms with Crippen LogP contribution in [0.3, 0.4) is 0 Å². The van der Waals surface area contributed by atoms with Crippen LogP contribution in [0.25, 0.3) is 11.0 Å². The lowest BCUT2D eigenvalue weighted by atomic mass is 9.70. The van der Waals surface area contributed by atoms with Crippen LogP contribution < -0.4 is 5.73 Å². The van der Waals surface area contributed by atoms with E-state index in [9.17, 15) is 0 Å². The highest BCUT2D eigenvalue weighted by atomic mass is 35.5. The lowest BCUT2D eigenvalue weighted by Gasteiger charge is -2.38. The molecule has 1 heterocycles. The van der Waals surface area contributed by atoms with Crippen LogP contribution in [-0.4, -0.2) is 16.1 Å². The first kappa shape index (κ1) is 13.9. The maximum absolute atomic E-state index is 6.33. The van der Waals surface area contributed by atoms with Crippen molar-refractivity contribution in [3.8, 4) is 0 Å². The number of halogens is 1. The van der Waals surface area contributed by atoms with Crippen molar-refractivity contribution in [2.24, 2.45) is 18.7 Å². The van der Waals surface area contributed by atoms with Gasteiger partial charge >= 0.3 is 0 Å². The number of aryl methyl sites for hydroxylation is 1. The van der Waals surface area contributed by atoms with Crippen LogP contribution in [0, 0.1) is 5.92 Å². The topological polar surface area (TPSA) is 43.8 Å². The number of benzene rings is 1. The van der Waals surface area contributed by atoms with E-state index in [0.29, 0.717) is 6.54 Å². The van der Waals surface area contributed by atoms with Crippen molar-refractivity contribution in [1.29, 1.82) is 0 Å². The maximum Gasteiger partial charge on any atom is 0.117 e. The normalized spacial score (nSPS) is 27.1. The number of nitrogens with zero attached hydrogens (tertiary/aromatic N) is 2. The summed E-state index contributed by atoms with van der Waals surface area (Å²) in [6, 6.07) is 5.91. The summed E-state index contributed by atoms with van der Waals surface area (Å²) < 4.78 is 2.15. The molecule has 2 N–H and O–H groups in total. The summed E-state index contributed by atoms with van der Waals surface area (Å²) in [6.45, 7) is 2.99. The third kappa shape index (κ3) is 2.04. The van der Waals surface area contributed by atoms with Crippen LogP contribution >= 0.6 is 11.6 Å². The highest BCUT2D eigenvalue weighted by molar-refractivity contribution is 6.35. The average Bonchev–Trinajstić information content (AvgIpc) is 2.79. The summed E-state index contributed by atoms with van der Waals surface area (Å²) in [4.78, 5) is 4.86. The highest BCUT2D eigenvalue weighted by Gasteiger charge is 2.38. The van der Waals surface area contributed by atoms with E-state index in [0.717, 1.165) is 40.6 Å². The fraction of sp³-hybridized carbons (Fsp3) is 0.562. The van der Waals surface area contributed by atoms with Gasteiger partial charge in [0.2, 0.25) is 0 Å². The lowest BCUT2D eigenvalue weighted by molar-refractivity contribution is 0.233. The Bertz CT molecular complexity index is 624. The molecular weight excluding hydrogens is 270 g/mol. The second-order valence-electron chi connectivity index (χ2n) is 6.27. The zero-order valence-corrected chi connectivity index (χ0v) is 13.0. The van der Waals surface area contributed by atoms with Gasteiger partial charge in [0.05, 0.1) is 16.1 Å². The van der Waals surface area contributed by atoms with Gasteiger partial charge in [-0.15, -0.1) is 0 Å². The molecule has 0 unspecified atom stereocenters. The molecule has 0 aliphatic heterocycles. The van der Waals surface area contributed by atoms with Gasteiger partial charge in [-0.2, -0.15) is 0 Å². The van der Waals surface area contributed by atoms with E-state index >= 15 is 0 Å². The second-order valence-corrected chi connectivity index (χ2v) is 6.68. The molecule has 0 amide bonds. The number of fused-ring (bicyclic) bond motifs is 1. The van der Waals surface area contributed by atoms with Gasteiger partial charge in [-0.3, -0.25) is 0 Å². The minimum Gasteiger partial charge on any atom is -0.329 e. The molecule has 0 saturated heterocycles. The summed E-state index contributed by atoms with van der Waals surface area (Å²) in [5.74, 6) is 1.91. The van der Waals surface area contributed by atoms with Crippen LogP contribution in [0.1, 0.15) is 38.4 Å². The first-order chi connectivity index (χ1) is 9.57. The van der Waals surface area contributed by atoms with E-state index in [-0.39, 0.29) is 5.41 Å². The molecule has 0 spiro atoms. The molecule has 1 aromatic heterocycles. The first-order valence-corrected chi connectivity index (χ1v) is 7.77. The molecule has 0 bridgehead atoms. The largest absolute Gasteiger partial charge is 0.329 e. The lowest BCUT2D eigenvalue weighted by Crippen LogP contribution is -2.40. The molecular formula is C16H22ClN3. The van der Waals surface area contributed by atoms with Gasteiger partial charge < -0.3 is 10.3 Å². The Kier molecular flexibility index (Phi) is 3.51. The molecule has 1 aliphatic rings. The number of nitrogens with two attached hydrogens (primary N) is 1. The molecule has 1 fully saturated rings. The molecule has 1 saturated carbocycles. The van der Waals surface area contributed by atoms with Crippen LogP contribution in [0.15, 0.2) is 18.2 Å².